The Morgan fingerprint density at radius 1 is 1.39 bits per heavy atom. The first-order valence-corrected chi connectivity index (χ1v) is 9.67. The van der Waals surface area contributed by atoms with E-state index in [0.29, 0.717) is 19.0 Å². The first kappa shape index (κ1) is 16.4. The second-order valence-corrected chi connectivity index (χ2v) is 8.52. The number of sulfone groups is 1. The van der Waals surface area contributed by atoms with Crippen LogP contribution in [0.15, 0.2) is 34.7 Å². The van der Waals surface area contributed by atoms with Gasteiger partial charge in [-0.2, -0.15) is 0 Å². The Bertz CT molecular complexity index is 827. The van der Waals surface area contributed by atoms with Crippen molar-refractivity contribution in [3.63, 3.8) is 0 Å². The Morgan fingerprint density at radius 2 is 2.13 bits per heavy atom. The summed E-state index contributed by atoms with van der Waals surface area (Å²) in [5.74, 6) is 0.551. The van der Waals surface area contributed by atoms with Crippen molar-refractivity contribution in [3.8, 4) is 0 Å². The molecule has 1 saturated heterocycles. The molecule has 0 N–H and O–H groups in total. The van der Waals surface area contributed by atoms with Crippen LogP contribution >= 0.6 is 12.2 Å². The summed E-state index contributed by atoms with van der Waals surface area (Å²) in [7, 11) is -0.989. The van der Waals surface area contributed by atoms with Crippen LogP contribution < -0.4 is 0 Å². The lowest BCUT2D eigenvalue weighted by atomic mass is 10.1. The predicted molar refractivity (Wildman–Crippen MR) is 89.2 cm³/mol. The first-order valence-electron chi connectivity index (χ1n) is 7.44. The summed E-state index contributed by atoms with van der Waals surface area (Å²) in [6, 6.07) is 10.1. The third-order valence-corrected chi connectivity index (χ3v) is 5.94. The molecular formula is C15H19N3O3S2. The smallest absolute Gasteiger partial charge is 0.288 e. The van der Waals surface area contributed by atoms with Crippen molar-refractivity contribution in [2.75, 3.05) is 18.6 Å². The van der Waals surface area contributed by atoms with E-state index in [-0.39, 0.29) is 22.3 Å². The highest BCUT2D eigenvalue weighted by molar-refractivity contribution is 7.91. The molecule has 0 unspecified atom stereocenters. The van der Waals surface area contributed by atoms with E-state index in [1.807, 2.05) is 25.2 Å². The summed E-state index contributed by atoms with van der Waals surface area (Å²) in [5.41, 5.74) is 1.20. The van der Waals surface area contributed by atoms with Gasteiger partial charge in [0.1, 0.15) is 0 Å². The van der Waals surface area contributed by atoms with Crippen molar-refractivity contribution >= 4 is 22.1 Å². The maximum absolute atomic E-state index is 11.6. The number of benzene rings is 1. The molecule has 1 aliphatic rings. The molecule has 0 spiro atoms. The third-order valence-electron chi connectivity index (χ3n) is 3.87. The van der Waals surface area contributed by atoms with Gasteiger partial charge in [0.05, 0.1) is 24.1 Å². The molecule has 0 amide bonds. The van der Waals surface area contributed by atoms with E-state index in [0.717, 1.165) is 6.54 Å². The quantitative estimate of drug-likeness (QED) is 0.768. The van der Waals surface area contributed by atoms with E-state index >= 15 is 0 Å². The summed E-state index contributed by atoms with van der Waals surface area (Å²) in [6.45, 7) is 1.26. The van der Waals surface area contributed by atoms with E-state index in [2.05, 4.69) is 22.1 Å². The highest BCUT2D eigenvalue weighted by Gasteiger charge is 2.32. The van der Waals surface area contributed by atoms with Crippen molar-refractivity contribution in [1.82, 2.24) is 14.7 Å². The van der Waals surface area contributed by atoms with Crippen LogP contribution in [-0.4, -0.2) is 41.7 Å². The zero-order valence-electron chi connectivity index (χ0n) is 12.9. The Morgan fingerprint density at radius 3 is 2.78 bits per heavy atom. The minimum atomic E-state index is -2.96. The zero-order chi connectivity index (χ0) is 16.4. The van der Waals surface area contributed by atoms with Crippen LogP contribution in [0.5, 0.6) is 0 Å². The maximum atomic E-state index is 11.6. The molecule has 23 heavy (non-hydrogen) atoms. The van der Waals surface area contributed by atoms with Crippen molar-refractivity contribution in [3.05, 3.63) is 46.6 Å². The molecular weight excluding hydrogens is 334 g/mol. The van der Waals surface area contributed by atoms with Crippen molar-refractivity contribution in [2.45, 2.75) is 25.6 Å². The summed E-state index contributed by atoms with van der Waals surface area (Å²) >= 11 is 5.21. The molecule has 2 heterocycles. The van der Waals surface area contributed by atoms with Gasteiger partial charge in [-0.3, -0.25) is 4.90 Å². The number of nitrogens with zero attached hydrogens (tertiary/aromatic N) is 3. The number of rotatable bonds is 5. The van der Waals surface area contributed by atoms with Gasteiger partial charge in [0.15, 0.2) is 9.84 Å². The van der Waals surface area contributed by atoms with Crippen LogP contribution in [0.1, 0.15) is 23.8 Å². The molecule has 0 radical (unpaired) electrons. The van der Waals surface area contributed by atoms with Gasteiger partial charge in [0.25, 0.3) is 4.84 Å². The highest BCUT2D eigenvalue weighted by Crippen LogP contribution is 2.27. The molecule has 1 aromatic heterocycles. The van der Waals surface area contributed by atoms with Gasteiger partial charge in [-0.1, -0.05) is 30.3 Å². The van der Waals surface area contributed by atoms with Gasteiger partial charge in [-0.15, -0.1) is 5.10 Å². The topological polar surface area (TPSA) is 68.3 Å². The van der Waals surface area contributed by atoms with E-state index in [9.17, 15) is 8.42 Å². The molecule has 0 aliphatic carbocycles. The standard InChI is InChI=1S/C15H19N3O3S2/c1-17(9-12-5-3-2-4-6-12)11-18-15(22)21-14(16-18)13-7-8-23(19,20)10-13/h2-6,13H,7-11H2,1H3/t13-/m1/s1. The lowest BCUT2D eigenvalue weighted by molar-refractivity contribution is 0.240. The molecule has 1 aromatic carbocycles. The van der Waals surface area contributed by atoms with Crippen LogP contribution in [0.25, 0.3) is 0 Å². The molecule has 6 nitrogen and oxygen atoms in total. The maximum Gasteiger partial charge on any atom is 0.288 e. The normalized spacial score (nSPS) is 20.2. The van der Waals surface area contributed by atoms with Gasteiger partial charge in [-0.25, -0.2) is 13.1 Å². The molecule has 0 bridgehead atoms. The van der Waals surface area contributed by atoms with Gasteiger partial charge in [-0.05, 0) is 31.2 Å². The second kappa shape index (κ2) is 6.54. The number of hydrogen-bond donors (Lipinski definition) is 0. The minimum Gasteiger partial charge on any atom is -0.414 e. The fraction of sp³-hybridized carbons (Fsp3) is 0.467. The molecule has 124 valence electrons. The fourth-order valence-electron chi connectivity index (χ4n) is 2.74. The zero-order valence-corrected chi connectivity index (χ0v) is 14.5. The molecule has 1 atom stereocenters. The second-order valence-electron chi connectivity index (χ2n) is 5.95. The highest BCUT2D eigenvalue weighted by atomic mass is 32.2. The van der Waals surface area contributed by atoms with Crippen molar-refractivity contribution in [2.24, 2.45) is 0 Å². The summed E-state index contributed by atoms with van der Waals surface area (Å²) in [4.78, 5) is 2.35. The molecule has 0 saturated carbocycles. The Balaban J connectivity index is 1.68. The van der Waals surface area contributed by atoms with Gasteiger partial charge in [0, 0.05) is 6.54 Å². The Kier molecular flexibility index (Phi) is 4.65. The molecule has 2 aromatic rings. The molecule has 8 heteroatoms. The van der Waals surface area contributed by atoms with E-state index in [4.69, 9.17) is 16.6 Å². The van der Waals surface area contributed by atoms with Gasteiger partial charge >= 0.3 is 0 Å². The lowest BCUT2D eigenvalue weighted by Crippen LogP contribution is -2.22. The summed E-state index contributed by atoms with van der Waals surface area (Å²) in [5, 5.41) is 4.38. The van der Waals surface area contributed by atoms with Crippen molar-refractivity contribution < 1.29 is 12.8 Å². The minimum absolute atomic E-state index is 0.0993. The molecule has 1 aliphatic heterocycles. The van der Waals surface area contributed by atoms with E-state index in [1.165, 1.54) is 5.56 Å². The lowest BCUT2D eigenvalue weighted by Gasteiger charge is -2.15. The fourth-order valence-corrected chi connectivity index (χ4v) is 4.66. The Hall–Kier alpha value is -1.51. The molecule has 1 fully saturated rings. The average molecular weight is 353 g/mol. The summed E-state index contributed by atoms with van der Waals surface area (Å²) in [6.07, 6.45) is 0.553. The van der Waals surface area contributed by atoms with Crippen molar-refractivity contribution in [1.29, 1.82) is 0 Å². The van der Waals surface area contributed by atoms with Crippen LogP contribution in [0.4, 0.5) is 0 Å². The van der Waals surface area contributed by atoms with E-state index < -0.39 is 9.84 Å². The van der Waals surface area contributed by atoms with Crippen LogP contribution in [0.2, 0.25) is 0 Å². The monoisotopic (exact) mass is 353 g/mol. The third kappa shape index (κ3) is 4.07. The molecule has 3 rings (SSSR count). The average Bonchev–Trinajstić information content (AvgIpc) is 3.03. The predicted octanol–water partition coefficient (Wildman–Crippen LogP) is 2.20. The van der Waals surface area contributed by atoms with Gasteiger partial charge < -0.3 is 4.42 Å². The number of aromatic nitrogens is 2. The SMILES string of the molecule is CN(Cc1ccccc1)Cn1nc([C@@H]2CCS(=O)(=O)C2)oc1=S. The van der Waals surface area contributed by atoms with Crippen LogP contribution in [-0.2, 0) is 23.1 Å². The largest absolute Gasteiger partial charge is 0.414 e. The van der Waals surface area contributed by atoms with E-state index in [1.54, 1.807) is 4.68 Å². The van der Waals surface area contributed by atoms with Gasteiger partial charge in [0.2, 0.25) is 5.89 Å². The Labute approximate surface area is 140 Å². The van der Waals surface area contributed by atoms with Crippen LogP contribution in [0, 0.1) is 4.84 Å². The van der Waals surface area contributed by atoms with Crippen LogP contribution in [0.3, 0.4) is 0 Å². The summed E-state index contributed by atoms with van der Waals surface area (Å²) < 4.78 is 30.3. The number of hydrogen-bond acceptors (Lipinski definition) is 6. The first-order chi connectivity index (χ1) is 10.9.